The molecule has 86 valence electrons. The molecule has 1 aromatic rings. The lowest BCUT2D eigenvalue weighted by atomic mass is 10.3. The third-order valence-corrected chi connectivity index (χ3v) is 3.44. The van der Waals surface area contributed by atoms with Crippen molar-refractivity contribution in [1.29, 1.82) is 0 Å². The molecule has 0 atom stereocenters. The van der Waals surface area contributed by atoms with E-state index in [0.717, 1.165) is 0 Å². The molecule has 0 saturated carbocycles. The van der Waals surface area contributed by atoms with Crippen LogP contribution in [0.3, 0.4) is 0 Å². The van der Waals surface area contributed by atoms with Crippen molar-refractivity contribution in [3.05, 3.63) is 25.1 Å². The first kappa shape index (κ1) is 16.1. The molecule has 1 aromatic carbocycles. The SMILES string of the molecule is ClCCl.Oc1c(Cl)c(Cl)c(Cl)c(Cl)c1Cl. The Bertz CT molecular complexity index is 247. The van der Waals surface area contributed by atoms with Crippen LogP contribution in [0.4, 0.5) is 0 Å². The average Bonchev–Trinajstić information content (AvgIpc) is 2.22. The second-order valence-electron chi connectivity index (χ2n) is 2.02. The van der Waals surface area contributed by atoms with E-state index >= 15 is 0 Å². The summed E-state index contributed by atoms with van der Waals surface area (Å²) in [4.78, 5) is 0. The number of hydrogen-bond acceptors (Lipinski definition) is 1. The van der Waals surface area contributed by atoms with Crippen LogP contribution in [-0.2, 0) is 0 Å². The third-order valence-electron chi connectivity index (χ3n) is 1.19. The molecule has 1 rings (SSSR count). The Morgan fingerprint density at radius 1 is 0.667 bits per heavy atom. The Kier molecular flexibility index (Phi) is 7.91. The Morgan fingerprint density at radius 3 is 1.13 bits per heavy atom. The number of phenols is 1. The minimum atomic E-state index is -0.363. The highest BCUT2D eigenvalue weighted by atomic mass is 35.5. The molecule has 0 amide bonds. The van der Waals surface area contributed by atoms with Crippen LogP contribution in [0.1, 0.15) is 0 Å². The van der Waals surface area contributed by atoms with Crippen molar-refractivity contribution in [1.82, 2.24) is 0 Å². The highest BCUT2D eigenvalue weighted by Gasteiger charge is 2.17. The Labute approximate surface area is 122 Å². The van der Waals surface area contributed by atoms with Gasteiger partial charge < -0.3 is 5.11 Å². The Hall–Kier alpha value is 1.05. The van der Waals surface area contributed by atoms with Crippen molar-refractivity contribution in [2.75, 3.05) is 5.34 Å². The quantitative estimate of drug-likeness (QED) is 0.341. The van der Waals surface area contributed by atoms with Crippen LogP contribution < -0.4 is 0 Å². The fraction of sp³-hybridized carbons (Fsp3) is 0.143. The van der Waals surface area contributed by atoms with Crippen molar-refractivity contribution in [2.24, 2.45) is 0 Å². The highest BCUT2D eigenvalue weighted by Crippen LogP contribution is 2.47. The van der Waals surface area contributed by atoms with E-state index in [1.807, 2.05) is 0 Å². The zero-order valence-corrected chi connectivity index (χ0v) is 12.1. The molecule has 0 saturated heterocycles. The first-order chi connectivity index (χ1) is 6.88. The molecule has 0 heterocycles. The van der Waals surface area contributed by atoms with Gasteiger partial charge in [-0.2, -0.15) is 0 Å². The Morgan fingerprint density at radius 2 is 0.867 bits per heavy atom. The van der Waals surface area contributed by atoms with E-state index in [1.54, 1.807) is 0 Å². The van der Waals surface area contributed by atoms with Gasteiger partial charge in [-0.3, -0.25) is 0 Å². The lowest BCUT2D eigenvalue weighted by Gasteiger charge is -2.06. The predicted octanol–water partition coefficient (Wildman–Crippen LogP) is 6.08. The third kappa shape index (κ3) is 4.08. The number of phenolic OH excluding ortho intramolecular Hbond substituents is 1. The van der Waals surface area contributed by atoms with Crippen LogP contribution in [0.15, 0.2) is 0 Å². The van der Waals surface area contributed by atoms with Crippen LogP contribution in [0.25, 0.3) is 0 Å². The number of hydrogen-bond donors (Lipinski definition) is 1. The molecule has 15 heavy (non-hydrogen) atoms. The topological polar surface area (TPSA) is 20.2 Å². The average molecular weight is 351 g/mol. The van der Waals surface area contributed by atoms with Gasteiger partial charge in [-0.25, -0.2) is 0 Å². The minimum Gasteiger partial charge on any atom is -0.505 e. The minimum absolute atomic E-state index is 0.00904. The molecular weight excluding hydrogens is 348 g/mol. The zero-order valence-electron chi connectivity index (χ0n) is 6.80. The van der Waals surface area contributed by atoms with Crippen LogP contribution in [0, 0.1) is 0 Å². The molecule has 0 aliphatic carbocycles. The maximum Gasteiger partial charge on any atom is 0.155 e. The van der Waals surface area contributed by atoms with E-state index < -0.39 is 0 Å². The van der Waals surface area contributed by atoms with Crippen molar-refractivity contribution >= 4 is 81.2 Å². The number of rotatable bonds is 0. The molecular formula is C7H3Cl7O. The van der Waals surface area contributed by atoms with Crippen molar-refractivity contribution in [3.63, 3.8) is 0 Å². The summed E-state index contributed by atoms with van der Waals surface area (Å²) in [7, 11) is 0. The number of halogens is 7. The summed E-state index contributed by atoms with van der Waals surface area (Å²) >= 11 is 37.4. The summed E-state index contributed by atoms with van der Waals surface area (Å²) in [6, 6.07) is 0. The summed E-state index contributed by atoms with van der Waals surface area (Å²) in [6.45, 7) is 0. The molecule has 0 radical (unpaired) electrons. The predicted molar refractivity (Wildman–Crippen MR) is 69.7 cm³/mol. The van der Waals surface area contributed by atoms with Gasteiger partial charge >= 0.3 is 0 Å². The van der Waals surface area contributed by atoms with Gasteiger partial charge in [0.05, 0.1) is 20.4 Å². The second-order valence-corrected chi connectivity index (χ2v) is 4.72. The molecule has 0 fully saturated rings. The van der Waals surface area contributed by atoms with Gasteiger partial charge in [-0.15, -0.1) is 23.2 Å². The summed E-state index contributed by atoms with van der Waals surface area (Å²) in [6.07, 6.45) is 0. The largest absolute Gasteiger partial charge is 0.505 e. The van der Waals surface area contributed by atoms with Gasteiger partial charge in [-0.05, 0) is 0 Å². The van der Waals surface area contributed by atoms with Crippen LogP contribution in [-0.4, -0.2) is 10.4 Å². The van der Waals surface area contributed by atoms with Gasteiger partial charge in [0, 0.05) is 0 Å². The summed E-state index contributed by atoms with van der Waals surface area (Å²) < 4.78 is 0. The van der Waals surface area contributed by atoms with E-state index in [-0.39, 0.29) is 36.2 Å². The van der Waals surface area contributed by atoms with Gasteiger partial charge in [0.2, 0.25) is 0 Å². The Balaban J connectivity index is 0.000000583. The lowest BCUT2D eigenvalue weighted by molar-refractivity contribution is 0.476. The van der Waals surface area contributed by atoms with Crippen molar-refractivity contribution in [3.8, 4) is 5.75 Å². The maximum absolute atomic E-state index is 9.20. The molecule has 0 spiro atoms. The molecule has 0 bridgehead atoms. The van der Waals surface area contributed by atoms with Crippen molar-refractivity contribution in [2.45, 2.75) is 0 Å². The van der Waals surface area contributed by atoms with E-state index in [0.29, 0.717) is 0 Å². The fourth-order valence-electron chi connectivity index (χ4n) is 0.593. The van der Waals surface area contributed by atoms with E-state index in [4.69, 9.17) is 81.2 Å². The molecule has 0 unspecified atom stereocenters. The number of aromatic hydroxyl groups is 1. The first-order valence-electron chi connectivity index (χ1n) is 3.20. The van der Waals surface area contributed by atoms with Crippen molar-refractivity contribution < 1.29 is 5.11 Å². The molecule has 0 aromatic heterocycles. The molecule has 8 heteroatoms. The maximum atomic E-state index is 9.20. The lowest BCUT2D eigenvalue weighted by Crippen LogP contribution is -1.78. The van der Waals surface area contributed by atoms with Crippen LogP contribution in [0.5, 0.6) is 5.75 Å². The standard InChI is InChI=1S/C6HCl5O.CH2Cl2/c7-1-2(8)4(10)6(12)5(11)3(1)9;2-1-3/h12H;1H2. The van der Waals surface area contributed by atoms with Gasteiger partial charge in [-0.1, -0.05) is 58.0 Å². The second kappa shape index (κ2) is 7.39. The first-order valence-corrected chi connectivity index (χ1v) is 6.16. The van der Waals surface area contributed by atoms with Crippen LogP contribution >= 0.6 is 81.2 Å². The fourth-order valence-corrected chi connectivity index (χ4v) is 1.72. The van der Waals surface area contributed by atoms with Gasteiger partial charge in [0.25, 0.3) is 0 Å². The summed E-state index contributed by atoms with van der Waals surface area (Å²) in [5, 5.41) is 9.21. The van der Waals surface area contributed by atoms with E-state index in [2.05, 4.69) is 0 Å². The van der Waals surface area contributed by atoms with Gasteiger partial charge in [0.15, 0.2) is 5.75 Å². The number of alkyl halides is 2. The smallest absolute Gasteiger partial charge is 0.155 e. The van der Waals surface area contributed by atoms with Crippen LogP contribution in [0.2, 0.25) is 25.1 Å². The van der Waals surface area contributed by atoms with Gasteiger partial charge in [0.1, 0.15) is 10.0 Å². The monoisotopic (exact) mass is 348 g/mol. The molecule has 0 aliphatic rings. The van der Waals surface area contributed by atoms with E-state index in [1.165, 1.54) is 0 Å². The normalized spacial score (nSPS) is 9.53. The summed E-state index contributed by atoms with van der Waals surface area (Å²) in [5.41, 5.74) is 0. The number of benzene rings is 1. The highest BCUT2D eigenvalue weighted by molar-refractivity contribution is 6.55. The van der Waals surface area contributed by atoms with E-state index in [9.17, 15) is 5.11 Å². The molecule has 1 nitrogen and oxygen atoms in total. The molecule has 0 aliphatic heterocycles. The molecule has 1 N–H and O–H groups in total. The zero-order chi connectivity index (χ0) is 12.2. The summed E-state index contributed by atoms with van der Waals surface area (Å²) in [5.74, 6) is -0.363.